The first-order valence-electron chi connectivity index (χ1n) is 5.81. The highest BCUT2D eigenvalue weighted by Crippen LogP contribution is 2.26. The fourth-order valence-electron chi connectivity index (χ4n) is 1.82. The summed E-state index contributed by atoms with van der Waals surface area (Å²) in [5, 5.41) is 0. The highest BCUT2D eigenvalue weighted by Gasteiger charge is 2.34. The van der Waals surface area contributed by atoms with Crippen molar-refractivity contribution in [1.29, 1.82) is 0 Å². The lowest BCUT2D eigenvalue weighted by Gasteiger charge is -2.09. The average molecular weight is 266 g/mol. The molecule has 0 saturated heterocycles. The Balaban J connectivity index is 2.31. The van der Waals surface area contributed by atoms with E-state index < -0.39 is 12.0 Å². The zero-order valence-corrected chi connectivity index (χ0v) is 10.6. The minimum atomic E-state index is -4.50. The third-order valence-corrected chi connectivity index (χ3v) is 2.84. The molecule has 1 aromatic heterocycles. The van der Waals surface area contributed by atoms with Gasteiger partial charge in [-0.1, -0.05) is 23.8 Å². The Bertz CT molecular complexity index is 591. The molecule has 0 saturated carbocycles. The lowest BCUT2D eigenvalue weighted by atomic mass is 10.0. The first-order chi connectivity index (χ1) is 8.86. The van der Waals surface area contributed by atoms with Gasteiger partial charge >= 0.3 is 6.18 Å². The van der Waals surface area contributed by atoms with Crippen LogP contribution in [0.15, 0.2) is 30.5 Å². The van der Waals surface area contributed by atoms with Crippen LogP contribution in [0.25, 0.3) is 0 Å². The van der Waals surface area contributed by atoms with E-state index >= 15 is 0 Å². The number of aryl methyl sites for hydroxylation is 2. The van der Waals surface area contributed by atoms with Crippen LogP contribution in [0.3, 0.4) is 0 Å². The van der Waals surface area contributed by atoms with Crippen LogP contribution in [0.4, 0.5) is 13.2 Å². The predicted octanol–water partition coefficient (Wildman–Crippen LogP) is 3.70. The number of hydrogen-bond acceptors (Lipinski definition) is 2. The van der Waals surface area contributed by atoms with Crippen molar-refractivity contribution in [3.05, 3.63) is 58.7 Å². The Labute approximate surface area is 109 Å². The summed E-state index contributed by atoms with van der Waals surface area (Å²) in [5.74, 6) is -1.09. The second-order valence-electron chi connectivity index (χ2n) is 4.48. The molecule has 0 aliphatic carbocycles. The van der Waals surface area contributed by atoms with Gasteiger partial charge in [0.1, 0.15) is 0 Å². The summed E-state index contributed by atoms with van der Waals surface area (Å²) < 4.78 is 37.6. The van der Waals surface area contributed by atoms with E-state index in [2.05, 4.69) is 9.97 Å². The molecule has 1 aromatic carbocycles. The molecule has 0 aliphatic heterocycles. The van der Waals surface area contributed by atoms with Gasteiger partial charge in [-0.15, -0.1) is 0 Å². The maximum absolute atomic E-state index is 12.5. The van der Waals surface area contributed by atoms with Crippen molar-refractivity contribution >= 4 is 0 Å². The SMILES string of the molecule is Cc1ccc(C)c(Cc2ccnc(C(F)(F)F)n2)c1. The van der Waals surface area contributed by atoms with Crippen LogP contribution in [0, 0.1) is 13.8 Å². The Hall–Kier alpha value is -1.91. The van der Waals surface area contributed by atoms with Gasteiger partial charge in [-0.05, 0) is 31.0 Å². The Morgan fingerprint density at radius 1 is 1.11 bits per heavy atom. The highest BCUT2D eigenvalue weighted by atomic mass is 19.4. The number of benzene rings is 1. The number of halogens is 3. The molecule has 19 heavy (non-hydrogen) atoms. The summed E-state index contributed by atoms with van der Waals surface area (Å²) >= 11 is 0. The van der Waals surface area contributed by atoms with Crippen LogP contribution in [-0.2, 0) is 12.6 Å². The molecule has 0 unspecified atom stereocenters. The molecule has 0 bridgehead atoms. The number of aromatic nitrogens is 2. The van der Waals surface area contributed by atoms with E-state index in [1.807, 2.05) is 32.0 Å². The van der Waals surface area contributed by atoms with Gasteiger partial charge in [0.2, 0.25) is 5.82 Å². The molecule has 100 valence electrons. The molecule has 0 fully saturated rings. The topological polar surface area (TPSA) is 25.8 Å². The van der Waals surface area contributed by atoms with Gasteiger partial charge in [-0.25, -0.2) is 9.97 Å². The summed E-state index contributed by atoms with van der Waals surface area (Å²) in [7, 11) is 0. The van der Waals surface area contributed by atoms with Crippen LogP contribution in [0.5, 0.6) is 0 Å². The number of alkyl halides is 3. The van der Waals surface area contributed by atoms with E-state index in [0.29, 0.717) is 12.1 Å². The molecule has 0 N–H and O–H groups in total. The maximum Gasteiger partial charge on any atom is 0.451 e. The Morgan fingerprint density at radius 3 is 2.53 bits per heavy atom. The van der Waals surface area contributed by atoms with Crippen molar-refractivity contribution in [2.24, 2.45) is 0 Å². The smallest absolute Gasteiger partial charge is 0.233 e. The summed E-state index contributed by atoms with van der Waals surface area (Å²) in [6.07, 6.45) is -2.98. The summed E-state index contributed by atoms with van der Waals surface area (Å²) in [4.78, 5) is 6.83. The summed E-state index contributed by atoms with van der Waals surface area (Å²) in [5.41, 5.74) is 3.46. The summed E-state index contributed by atoms with van der Waals surface area (Å²) in [6.45, 7) is 3.88. The normalized spacial score (nSPS) is 11.6. The first kappa shape index (κ1) is 13.5. The quantitative estimate of drug-likeness (QED) is 0.828. The molecule has 0 amide bonds. The molecular formula is C14H13F3N2. The van der Waals surface area contributed by atoms with Gasteiger partial charge < -0.3 is 0 Å². The molecule has 0 spiro atoms. The third kappa shape index (κ3) is 3.30. The van der Waals surface area contributed by atoms with E-state index in [0.717, 1.165) is 22.9 Å². The number of rotatable bonds is 2. The van der Waals surface area contributed by atoms with Crippen LogP contribution >= 0.6 is 0 Å². The van der Waals surface area contributed by atoms with E-state index in [9.17, 15) is 13.2 Å². The predicted molar refractivity (Wildman–Crippen MR) is 65.8 cm³/mol. The third-order valence-electron chi connectivity index (χ3n) is 2.84. The van der Waals surface area contributed by atoms with E-state index in [1.165, 1.54) is 6.07 Å². The molecule has 2 aromatic rings. The van der Waals surface area contributed by atoms with Crippen molar-refractivity contribution in [3.8, 4) is 0 Å². The van der Waals surface area contributed by atoms with E-state index in [4.69, 9.17) is 0 Å². The fraction of sp³-hybridized carbons (Fsp3) is 0.286. The maximum atomic E-state index is 12.5. The molecular weight excluding hydrogens is 253 g/mol. The molecule has 2 rings (SSSR count). The van der Waals surface area contributed by atoms with Gasteiger partial charge in [-0.3, -0.25) is 0 Å². The minimum absolute atomic E-state index is 0.371. The van der Waals surface area contributed by atoms with Crippen molar-refractivity contribution in [2.45, 2.75) is 26.4 Å². The molecule has 5 heteroatoms. The summed E-state index contributed by atoms with van der Waals surface area (Å²) in [6, 6.07) is 7.40. The van der Waals surface area contributed by atoms with Gasteiger partial charge in [-0.2, -0.15) is 13.2 Å². The van der Waals surface area contributed by atoms with Crippen molar-refractivity contribution in [1.82, 2.24) is 9.97 Å². The molecule has 0 aliphatic rings. The second kappa shape index (κ2) is 4.99. The molecule has 1 heterocycles. The zero-order chi connectivity index (χ0) is 14.0. The largest absolute Gasteiger partial charge is 0.451 e. The van der Waals surface area contributed by atoms with Gasteiger partial charge in [0.15, 0.2) is 0 Å². The van der Waals surface area contributed by atoms with Crippen LogP contribution in [0.2, 0.25) is 0 Å². The van der Waals surface area contributed by atoms with Gasteiger partial charge in [0.05, 0.1) is 0 Å². The van der Waals surface area contributed by atoms with Crippen molar-refractivity contribution < 1.29 is 13.2 Å². The van der Waals surface area contributed by atoms with Crippen molar-refractivity contribution in [2.75, 3.05) is 0 Å². The fourth-order valence-corrected chi connectivity index (χ4v) is 1.82. The monoisotopic (exact) mass is 266 g/mol. The lowest BCUT2D eigenvalue weighted by Crippen LogP contribution is -2.12. The lowest BCUT2D eigenvalue weighted by molar-refractivity contribution is -0.145. The van der Waals surface area contributed by atoms with Crippen molar-refractivity contribution in [3.63, 3.8) is 0 Å². The minimum Gasteiger partial charge on any atom is -0.233 e. The van der Waals surface area contributed by atoms with Crippen LogP contribution in [0.1, 0.15) is 28.2 Å². The Kier molecular flexibility index (Phi) is 3.55. The second-order valence-corrected chi connectivity index (χ2v) is 4.48. The first-order valence-corrected chi connectivity index (χ1v) is 5.81. The van der Waals surface area contributed by atoms with Gasteiger partial charge in [0, 0.05) is 18.3 Å². The van der Waals surface area contributed by atoms with E-state index in [-0.39, 0.29) is 0 Å². The molecule has 0 radical (unpaired) electrons. The van der Waals surface area contributed by atoms with Gasteiger partial charge in [0.25, 0.3) is 0 Å². The molecule has 2 nitrogen and oxygen atoms in total. The van der Waals surface area contributed by atoms with Crippen LogP contribution in [-0.4, -0.2) is 9.97 Å². The standard InChI is InChI=1S/C14H13F3N2/c1-9-3-4-10(2)11(7-9)8-12-5-6-18-13(19-12)14(15,16)17/h3-7H,8H2,1-2H3. The number of nitrogens with zero attached hydrogens (tertiary/aromatic N) is 2. The average Bonchev–Trinajstić information content (AvgIpc) is 2.33. The van der Waals surface area contributed by atoms with E-state index in [1.54, 1.807) is 0 Å². The molecule has 0 atom stereocenters. The number of hydrogen-bond donors (Lipinski definition) is 0. The highest BCUT2D eigenvalue weighted by molar-refractivity contribution is 5.33. The zero-order valence-electron chi connectivity index (χ0n) is 10.6. The Morgan fingerprint density at radius 2 is 1.84 bits per heavy atom. The van der Waals surface area contributed by atoms with Crippen LogP contribution < -0.4 is 0 Å².